The molecule has 1 heterocycles. The third-order valence-electron chi connectivity index (χ3n) is 2.51. The number of benzene rings is 1. The van der Waals surface area contributed by atoms with Gasteiger partial charge in [0.15, 0.2) is 5.82 Å². The van der Waals surface area contributed by atoms with E-state index in [-0.39, 0.29) is 11.4 Å². The van der Waals surface area contributed by atoms with E-state index < -0.39 is 11.7 Å². The number of hydrogen-bond donors (Lipinski definition) is 1. The summed E-state index contributed by atoms with van der Waals surface area (Å²) in [4.78, 5) is 8.03. The van der Waals surface area contributed by atoms with Crippen molar-refractivity contribution in [1.82, 2.24) is 9.97 Å². The lowest BCUT2D eigenvalue weighted by Crippen LogP contribution is -2.09. The van der Waals surface area contributed by atoms with E-state index in [2.05, 4.69) is 47.1 Å². The lowest BCUT2D eigenvalue weighted by Gasteiger charge is -2.13. The van der Waals surface area contributed by atoms with Gasteiger partial charge in [-0.25, -0.2) is 9.97 Å². The fourth-order valence-electron chi connectivity index (χ4n) is 1.62. The second-order valence-corrected chi connectivity index (χ2v) is 5.60. The first-order valence-corrected chi connectivity index (χ1v) is 6.99. The Labute approximate surface area is 129 Å². The quantitative estimate of drug-likeness (QED) is 0.777. The molecule has 0 amide bonds. The molecule has 0 unspecified atom stereocenters. The minimum Gasteiger partial charge on any atom is -0.372 e. The van der Waals surface area contributed by atoms with Crippen molar-refractivity contribution in [2.45, 2.75) is 6.18 Å². The predicted molar refractivity (Wildman–Crippen MR) is 77.4 cm³/mol. The molecule has 1 aromatic carbocycles. The van der Waals surface area contributed by atoms with Gasteiger partial charge in [-0.1, -0.05) is 15.9 Å². The fourth-order valence-corrected chi connectivity index (χ4v) is 2.37. The maximum atomic E-state index is 13.1. The van der Waals surface area contributed by atoms with Crippen molar-refractivity contribution in [2.75, 3.05) is 12.4 Å². The zero-order valence-electron chi connectivity index (χ0n) is 10.1. The monoisotopic (exact) mass is 409 g/mol. The molecule has 0 fully saturated rings. The van der Waals surface area contributed by atoms with E-state index in [1.807, 2.05) is 0 Å². The summed E-state index contributed by atoms with van der Waals surface area (Å²) < 4.78 is 40.1. The largest absolute Gasteiger partial charge is 0.417 e. The van der Waals surface area contributed by atoms with E-state index in [1.54, 1.807) is 7.05 Å². The Morgan fingerprint density at radius 1 is 1.20 bits per heavy atom. The molecule has 0 bridgehead atoms. The minimum absolute atomic E-state index is 0.0115. The van der Waals surface area contributed by atoms with Crippen LogP contribution in [0.15, 0.2) is 33.3 Å². The van der Waals surface area contributed by atoms with Crippen molar-refractivity contribution in [2.24, 2.45) is 0 Å². The Hall–Kier alpha value is -1.15. The highest BCUT2D eigenvalue weighted by Gasteiger charge is 2.34. The zero-order chi connectivity index (χ0) is 14.9. The Morgan fingerprint density at radius 2 is 1.90 bits per heavy atom. The number of rotatable bonds is 2. The summed E-state index contributed by atoms with van der Waals surface area (Å²) in [6.45, 7) is 0. The predicted octanol–water partition coefficient (Wildman–Crippen LogP) is 4.73. The summed E-state index contributed by atoms with van der Waals surface area (Å²) in [5.74, 6) is 0.434. The number of nitrogens with zero attached hydrogens (tertiary/aromatic N) is 2. The molecule has 0 spiro atoms. The Morgan fingerprint density at radius 3 is 2.50 bits per heavy atom. The van der Waals surface area contributed by atoms with E-state index in [9.17, 15) is 13.2 Å². The molecule has 0 radical (unpaired) electrons. The number of aromatic nitrogens is 2. The van der Waals surface area contributed by atoms with Crippen LogP contribution in [0.3, 0.4) is 0 Å². The molecule has 1 N–H and O–H groups in total. The lowest BCUT2D eigenvalue weighted by molar-refractivity contribution is -0.137. The van der Waals surface area contributed by atoms with Crippen LogP contribution in [0.25, 0.3) is 11.4 Å². The highest BCUT2D eigenvalue weighted by Crippen LogP contribution is 2.38. The van der Waals surface area contributed by atoms with Gasteiger partial charge in [0.05, 0.1) is 10.0 Å². The van der Waals surface area contributed by atoms with E-state index in [0.29, 0.717) is 14.8 Å². The van der Waals surface area contributed by atoms with Crippen LogP contribution >= 0.6 is 31.9 Å². The summed E-state index contributed by atoms with van der Waals surface area (Å²) in [7, 11) is 1.63. The van der Waals surface area contributed by atoms with Crippen molar-refractivity contribution < 1.29 is 13.2 Å². The molecule has 3 nitrogen and oxygen atoms in total. The van der Waals surface area contributed by atoms with Gasteiger partial charge in [0.2, 0.25) is 0 Å². The van der Waals surface area contributed by atoms with Crippen LogP contribution < -0.4 is 5.32 Å². The molecule has 0 atom stereocenters. The van der Waals surface area contributed by atoms with Crippen molar-refractivity contribution in [3.05, 3.63) is 38.9 Å². The van der Waals surface area contributed by atoms with Gasteiger partial charge < -0.3 is 5.32 Å². The van der Waals surface area contributed by atoms with Crippen molar-refractivity contribution >= 4 is 37.7 Å². The first-order chi connectivity index (χ1) is 9.32. The third kappa shape index (κ3) is 3.12. The SMILES string of the molecule is CNc1nc(-c2ccc(Br)cc2C(F)(F)F)ncc1Br. The molecule has 0 aliphatic carbocycles. The molecule has 0 saturated carbocycles. The number of nitrogens with one attached hydrogen (secondary N) is 1. The summed E-state index contributed by atoms with van der Waals surface area (Å²) >= 11 is 6.26. The third-order valence-corrected chi connectivity index (χ3v) is 3.58. The van der Waals surface area contributed by atoms with Crippen LogP contribution in [0, 0.1) is 0 Å². The van der Waals surface area contributed by atoms with E-state index >= 15 is 0 Å². The van der Waals surface area contributed by atoms with Crippen LogP contribution in [0.5, 0.6) is 0 Å². The normalized spacial score (nSPS) is 11.5. The van der Waals surface area contributed by atoms with Gasteiger partial charge in [-0.15, -0.1) is 0 Å². The average molecular weight is 411 g/mol. The minimum atomic E-state index is -4.48. The van der Waals surface area contributed by atoms with Crippen LogP contribution in [-0.4, -0.2) is 17.0 Å². The summed E-state index contributed by atoms with van der Waals surface area (Å²) in [6.07, 6.45) is -3.06. The molecule has 2 rings (SSSR count). The van der Waals surface area contributed by atoms with Gasteiger partial charge in [-0.2, -0.15) is 13.2 Å². The van der Waals surface area contributed by atoms with Gasteiger partial charge in [-0.05, 0) is 34.1 Å². The Bertz CT molecular complexity index is 644. The van der Waals surface area contributed by atoms with E-state index in [0.717, 1.165) is 6.07 Å². The standard InChI is InChI=1S/C12H8Br2F3N3/c1-18-11-9(14)5-19-10(20-11)7-3-2-6(13)4-8(7)12(15,16)17/h2-5H,1H3,(H,18,19,20). The zero-order valence-corrected chi connectivity index (χ0v) is 13.3. The smallest absolute Gasteiger partial charge is 0.372 e. The molecule has 1 aromatic heterocycles. The topological polar surface area (TPSA) is 37.8 Å². The Kier molecular flexibility index (Phi) is 4.33. The summed E-state index contributed by atoms with van der Waals surface area (Å²) in [5, 5.41) is 2.79. The molecule has 106 valence electrons. The van der Waals surface area contributed by atoms with Gasteiger partial charge in [0, 0.05) is 23.3 Å². The van der Waals surface area contributed by atoms with Gasteiger partial charge in [0.1, 0.15) is 5.82 Å². The summed E-state index contributed by atoms with van der Waals surface area (Å²) in [6, 6.07) is 3.88. The highest BCUT2D eigenvalue weighted by atomic mass is 79.9. The van der Waals surface area contributed by atoms with Crippen molar-refractivity contribution in [3.8, 4) is 11.4 Å². The summed E-state index contributed by atoms with van der Waals surface area (Å²) in [5.41, 5.74) is -0.846. The molecular formula is C12H8Br2F3N3. The fraction of sp³-hybridized carbons (Fsp3) is 0.167. The second kappa shape index (κ2) is 5.69. The molecular weight excluding hydrogens is 403 g/mol. The molecule has 0 saturated heterocycles. The van der Waals surface area contributed by atoms with Gasteiger partial charge in [0.25, 0.3) is 0 Å². The molecule has 8 heteroatoms. The van der Waals surface area contributed by atoms with E-state index in [4.69, 9.17) is 0 Å². The van der Waals surface area contributed by atoms with Crippen molar-refractivity contribution in [3.63, 3.8) is 0 Å². The van der Waals surface area contributed by atoms with E-state index in [1.165, 1.54) is 18.3 Å². The Balaban J connectivity index is 2.64. The molecule has 20 heavy (non-hydrogen) atoms. The second-order valence-electron chi connectivity index (χ2n) is 3.83. The van der Waals surface area contributed by atoms with Crippen LogP contribution in [0.1, 0.15) is 5.56 Å². The average Bonchev–Trinajstić information content (AvgIpc) is 2.38. The highest BCUT2D eigenvalue weighted by molar-refractivity contribution is 9.10. The number of halogens is 5. The number of alkyl halides is 3. The maximum Gasteiger partial charge on any atom is 0.417 e. The molecule has 0 aliphatic rings. The number of hydrogen-bond acceptors (Lipinski definition) is 3. The maximum absolute atomic E-state index is 13.1. The molecule has 0 aliphatic heterocycles. The lowest BCUT2D eigenvalue weighted by atomic mass is 10.1. The van der Waals surface area contributed by atoms with Gasteiger partial charge >= 0.3 is 6.18 Å². The van der Waals surface area contributed by atoms with Crippen LogP contribution in [0.4, 0.5) is 19.0 Å². The van der Waals surface area contributed by atoms with Crippen LogP contribution in [0.2, 0.25) is 0 Å². The first-order valence-electron chi connectivity index (χ1n) is 5.40. The van der Waals surface area contributed by atoms with Crippen molar-refractivity contribution in [1.29, 1.82) is 0 Å². The first kappa shape index (κ1) is 15.2. The number of anilines is 1. The molecule has 2 aromatic rings. The van der Waals surface area contributed by atoms with Crippen LogP contribution in [-0.2, 0) is 6.18 Å². The van der Waals surface area contributed by atoms with Gasteiger partial charge in [-0.3, -0.25) is 0 Å².